The summed E-state index contributed by atoms with van der Waals surface area (Å²) in [7, 11) is 0. The summed E-state index contributed by atoms with van der Waals surface area (Å²) in [6, 6.07) is 2.03. The van der Waals surface area contributed by atoms with Gasteiger partial charge in [0.25, 0.3) is 0 Å². The molecule has 2 aromatic heterocycles. The summed E-state index contributed by atoms with van der Waals surface area (Å²) in [6.07, 6.45) is 3.46. The van der Waals surface area contributed by atoms with Crippen LogP contribution in [0, 0.1) is 0 Å². The maximum absolute atomic E-state index is 5.75. The predicted molar refractivity (Wildman–Crippen MR) is 58.4 cm³/mol. The van der Waals surface area contributed by atoms with E-state index < -0.39 is 0 Å². The summed E-state index contributed by atoms with van der Waals surface area (Å²) in [5.74, 6) is 0. The number of hydrogen-bond donors (Lipinski definition) is 0. The normalized spacial score (nSPS) is 10.6. The van der Waals surface area contributed by atoms with Crippen molar-refractivity contribution in [2.75, 3.05) is 0 Å². The minimum Gasteiger partial charge on any atom is -0.266 e. The lowest BCUT2D eigenvalue weighted by atomic mass is 10.5. The molecule has 0 amide bonds. The van der Waals surface area contributed by atoms with E-state index in [0.717, 1.165) is 11.0 Å². The molecule has 0 saturated heterocycles. The molecule has 68 valence electrons. The molecule has 2 heterocycles. The highest BCUT2D eigenvalue weighted by molar-refractivity contribution is 9.10. The second-order valence-electron chi connectivity index (χ2n) is 2.55. The zero-order chi connectivity index (χ0) is 9.26. The Labute approximate surface area is 93.3 Å². The van der Waals surface area contributed by atoms with Gasteiger partial charge in [-0.2, -0.15) is 5.10 Å². The number of halogens is 2. The van der Waals surface area contributed by atoms with Crippen molar-refractivity contribution in [3.63, 3.8) is 0 Å². The summed E-state index contributed by atoms with van der Waals surface area (Å²) in [4.78, 5) is 1.25. The van der Waals surface area contributed by atoms with Gasteiger partial charge < -0.3 is 0 Å². The van der Waals surface area contributed by atoms with Gasteiger partial charge in [0.1, 0.15) is 0 Å². The third-order valence-electron chi connectivity index (χ3n) is 1.60. The van der Waals surface area contributed by atoms with Gasteiger partial charge in [0.15, 0.2) is 0 Å². The molecule has 0 aliphatic heterocycles. The van der Waals surface area contributed by atoms with Crippen LogP contribution in [-0.4, -0.2) is 9.78 Å². The second kappa shape index (κ2) is 3.82. The summed E-state index contributed by atoms with van der Waals surface area (Å²) < 4.78 is 2.95. The Hall–Kier alpha value is -0.320. The minimum atomic E-state index is 0.674. The van der Waals surface area contributed by atoms with Crippen molar-refractivity contribution >= 4 is 38.9 Å². The lowest BCUT2D eigenvalue weighted by molar-refractivity contribution is 0.693. The van der Waals surface area contributed by atoms with E-state index in [2.05, 4.69) is 21.0 Å². The molecule has 2 nitrogen and oxygen atoms in total. The van der Waals surface area contributed by atoms with Crippen molar-refractivity contribution in [2.24, 2.45) is 0 Å². The van der Waals surface area contributed by atoms with Crippen LogP contribution in [0.4, 0.5) is 0 Å². The van der Waals surface area contributed by atoms with Crippen LogP contribution in [0.2, 0.25) is 5.02 Å². The summed E-state index contributed by atoms with van der Waals surface area (Å²) >= 11 is 10.9. The minimum absolute atomic E-state index is 0.674. The Morgan fingerprint density at radius 1 is 1.62 bits per heavy atom. The lowest BCUT2D eigenvalue weighted by Gasteiger charge is -1.98. The molecule has 0 radical (unpaired) electrons. The third-order valence-corrected chi connectivity index (χ3v) is 3.70. The van der Waals surface area contributed by atoms with Crippen molar-refractivity contribution in [3.8, 4) is 0 Å². The summed E-state index contributed by atoms with van der Waals surface area (Å²) in [5.41, 5.74) is 0. The van der Waals surface area contributed by atoms with E-state index in [1.807, 2.05) is 22.3 Å². The van der Waals surface area contributed by atoms with Crippen LogP contribution in [0.1, 0.15) is 4.88 Å². The van der Waals surface area contributed by atoms with E-state index in [1.54, 1.807) is 17.5 Å². The molecule has 2 rings (SSSR count). The van der Waals surface area contributed by atoms with Crippen LogP contribution >= 0.6 is 38.9 Å². The lowest BCUT2D eigenvalue weighted by Crippen LogP contribution is -1.97. The zero-order valence-corrected chi connectivity index (χ0v) is 9.73. The molecule has 0 fully saturated rings. The molecule has 0 saturated carbocycles. The Bertz CT molecular complexity index is 410. The van der Waals surface area contributed by atoms with Gasteiger partial charge in [0, 0.05) is 15.5 Å². The number of thiophene rings is 1. The van der Waals surface area contributed by atoms with E-state index in [1.165, 1.54) is 4.88 Å². The highest BCUT2D eigenvalue weighted by Gasteiger charge is 2.02. The zero-order valence-electron chi connectivity index (χ0n) is 6.58. The molecule has 0 spiro atoms. The van der Waals surface area contributed by atoms with E-state index in [4.69, 9.17) is 11.6 Å². The maximum atomic E-state index is 5.75. The SMILES string of the molecule is Clc1cnn(Cc2sccc2Br)c1. The van der Waals surface area contributed by atoms with Crippen LogP contribution in [-0.2, 0) is 6.54 Å². The van der Waals surface area contributed by atoms with Gasteiger partial charge in [0.05, 0.1) is 17.8 Å². The van der Waals surface area contributed by atoms with E-state index in [-0.39, 0.29) is 0 Å². The first-order chi connectivity index (χ1) is 6.25. The molecule has 0 N–H and O–H groups in total. The fraction of sp³-hybridized carbons (Fsp3) is 0.125. The predicted octanol–water partition coefficient (Wildman–Crippen LogP) is 3.41. The number of rotatable bonds is 2. The Balaban J connectivity index is 2.19. The first-order valence-corrected chi connectivity index (χ1v) is 5.70. The van der Waals surface area contributed by atoms with Crippen LogP contribution in [0.3, 0.4) is 0 Å². The number of aromatic nitrogens is 2. The molecule has 0 aliphatic rings. The van der Waals surface area contributed by atoms with Crippen molar-refractivity contribution in [1.82, 2.24) is 9.78 Å². The van der Waals surface area contributed by atoms with E-state index in [9.17, 15) is 0 Å². The highest BCUT2D eigenvalue weighted by Crippen LogP contribution is 2.23. The largest absolute Gasteiger partial charge is 0.266 e. The highest BCUT2D eigenvalue weighted by atomic mass is 79.9. The molecule has 0 unspecified atom stereocenters. The molecule has 0 bridgehead atoms. The Kier molecular flexibility index (Phi) is 2.71. The molecule has 13 heavy (non-hydrogen) atoms. The maximum Gasteiger partial charge on any atom is 0.0785 e. The summed E-state index contributed by atoms with van der Waals surface area (Å²) in [5, 5.41) is 6.82. The molecular formula is C8H6BrClN2S. The van der Waals surface area contributed by atoms with E-state index in [0.29, 0.717) is 5.02 Å². The topological polar surface area (TPSA) is 17.8 Å². The van der Waals surface area contributed by atoms with E-state index >= 15 is 0 Å². The standard InChI is InChI=1S/C8H6BrClN2S/c9-7-1-2-13-8(7)5-12-4-6(10)3-11-12/h1-4H,5H2. The van der Waals surface area contributed by atoms with Crippen LogP contribution in [0.25, 0.3) is 0 Å². The molecule has 2 aromatic rings. The van der Waals surface area contributed by atoms with Crippen LogP contribution < -0.4 is 0 Å². The van der Waals surface area contributed by atoms with Gasteiger partial charge in [-0.15, -0.1) is 11.3 Å². The fourth-order valence-electron chi connectivity index (χ4n) is 1.01. The van der Waals surface area contributed by atoms with Gasteiger partial charge in [-0.05, 0) is 27.4 Å². The quantitative estimate of drug-likeness (QED) is 0.822. The third kappa shape index (κ3) is 2.13. The molecular weight excluding hydrogens is 272 g/mol. The molecule has 0 aromatic carbocycles. The van der Waals surface area contributed by atoms with Crippen molar-refractivity contribution in [3.05, 3.63) is 38.2 Å². The first-order valence-electron chi connectivity index (χ1n) is 3.65. The Morgan fingerprint density at radius 3 is 3.00 bits per heavy atom. The van der Waals surface area contributed by atoms with Crippen LogP contribution in [0.5, 0.6) is 0 Å². The van der Waals surface area contributed by atoms with Gasteiger partial charge in [-0.25, -0.2) is 0 Å². The monoisotopic (exact) mass is 276 g/mol. The molecule has 0 aliphatic carbocycles. The first kappa shape index (κ1) is 9.24. The van der Waals surface area contributed by atoms with Gasteiger partial charge in [0.2, 0.25) is 0 Å². The number of nitrogens with zero attached hydrogens (tertiary/aromatic N) is 2. The second-order valence-corrected chi connectivity index (χ2v) is 4.84. The number of hydrogen-bond acceptors (Lipinski definition) is 2. The van der Waals surface area contributed by atoms with Crippen molar-refractivity contribution in [2.45, 2.75) is 6.54 Å². The fourth-order valence-corrected chi connectivity index (χ4v) is 2.63. The average molecular weight is 278 g/mol. The Morgan fingerprint density at radius 2 is 2.46 bits per heavy atom. The molecule has 5 heteroatoms. The van der Waals surface area contributed by atoms with Gasteiger partial charge in [-0.1, -0.05) is 11.6 Å². The smallest absolute Gasteiger partial charge is 0.0785 e. The molecule has 0 atom stereocenters. The van der Waals surface area contributed by atoms with Gasteiger partial charge in [-0.3, -0.25) is 4.68 Å². The van der Waals surface area contributed by atoms with Crippen LogP contribution in [0.15, 0.2) is 28.3 Å². The van der Waals surface area contributed by atoms with Gasteiger partial charge >= 0.3 is 0 Å². The van der Waals surface area contributed by atoms with Crippen molar-refractivity contribution < 1.29 is 0 Å². The average Bonchev–Trinajstić information content (AvgIpc) is 2.64. The summed E-state index contributed by atoms with van der Waals surface area (Å²) in [6.45, 7) is 0.769. The van der Waals surface area contributed by atoms with Crippen molar-refractivity contribution in [1.29, 1.82) is 0 Å².